The summed E-state index contributed by atoms with van der Waals surface area (Å²) in [7, 11) is 2.17. The van der Waals surface area contributed by atoms with Gasteiger partial charge in [0.05, 0.1) is 5.39 Å². The van der Waals surface area contributed by atoms with Crippen LogP contribution in [0.2, 0.25) is 0 Å². The van der Waals surface area contributed by atoms with Crippen molar-refractivity contribution in [3.63, 3.8) is 0 Å². The number of phenolic OH excluding ortho intramolecular Hbond substituents is 1. The van der Waals surface area contributed by atoms with Crippen LogP contribution in [0, 0.1) is 0 Å². The maximum atomic E-state index is 12.3. The normalized spacial score (nSPS) is 16.5. The summed E-state index contributed by atoms with van der Waals surface area (Å²) in [6, 6.07) is 10.9. The highest BCUT2D eigenvalue weighted by Crippen LogP contribution is 2.26. The Labute approximate surface area is 152 Å². The molecule has 2 aromatic carbocycles. The third-order valence-electron chi connectivity index (χ3n) is 5.30. The van der Waals surface area contributed by atoms with Crippen LogP contribution >= 0.6 is 0 Å². The van der Waals surface area contributed by atoms with Crippen LogP contribution in [0.25, 0.3) is 21.7 Å². The van der Waals surface area contributed by atoms with Crippen LogP contribution in [-0.2, 0) is 6.42 Å². The topological polar surface area (TPSA) is 56.9 Å². The van der Waals surface area contributed by atoms with Gasteiger partial charge < -0.3 is 19.3 Å². The number of hydrogen-bond donors (Lipinski definition) is 1. The molecule has 0 unspecified atom stereocenters. The summed E-state index contributed by atoms with van der Waals surface area (Å²) in [6.07, 6.45) is 2.04. The van der Waals surface area contributed by atoms with Crippen molar-refractivity contribution in [2.75, 3.05) is 39.8 Å². The number of rotatable bonds is 4. The number of fused-ring (bicyclic) bond motifs is 3. The molecule has 136 valence electrons. The molecule has 1 aromatic heterocycles. The Bertz CT molecular complexity index is 988. The lowest BCUT2D eigenvalue weighted by atomic mass is 10.0. The molecular weight excluding hydrogens is 328 g/mol. The van der Waals surface area contributed by atoms with Gasteiger partial charge in [0, 0.05) is 37.6 Å². The number of hydrogen-bond acceptors (Lipinski definition) is 5. The second kappa shape index (κ2) is 7.09. The van der Waals surface area contributed by atoms with Crippen LogP contribution in [-0.4, -0.2) is 54.7 Å². The van der Waals surface area contributed by atoms with Gasteiger partial charge in [-0.2, -0.15) is 0 Å². The fourth-order valence-corrected chi connectivity index (χ4v) is 3.70. The molecule has 5 nitrogen and oxygen atoms in total. The number of aromatic hydroxyl groups is 1. The van der Waals surface area contributed by atoms with Gasteiger partial charge in [0.25, 0.3) is 0 Å². The molecule has 26 heavy (non-hydrogen) atoms. The number of aryl methyl sites for hydroxylation is 1. The molecule has 1 aliphatic heterocycles. The zero-order valence-electron chi connectivity index (χ0n) is 15.1. The van der Waals surface area contributed by atoms with Gasteiger partial charge in [0.1, 0.15) is 11.3 Å². The number of phenols is 1. The minimum atomic E-state index is -0.348. The lowest BCUT2D eigenvalue weighted by Crippen LogP contribution is -2.44. The zero-order valence-corrected chi connectivity index (χ0v) is 15.1. The van der Waals surface area contributed by atoms with Crippen molar-refractivity contribution in [2.45, 2.75) is 12.8 Å². The molecule has 1 fully saturated rings. The third-order valence-corrected chi connectivity index (χ3v) is 5.30. The van der Waals surface area contributed by atoms with E-state index in [1.54, 1.807) is 12.1 Å². The Kier molecular flexibility index (Phi) is 4.66. The van der Waals surface area contributed by atoms with Gasteiger partial charge in [-0.3, -0.25) is 0 Å². The third kappa shape index (κ3) is 3.45. The van der Waals surface area contributed by atoms with Crippen molar-refractivity contribution in [1.82, 2.24) is 9.80 Å². The van der Waals surface area contributed by atoms with Gasteiger partial charge in [0.15, 0.2) is 0 Å². The fraction of sp³-hybridized carbons (Fsp3) is 0.381. The van der Waals surface area contributed by atoms with Crippen molar-refractivity contribution in [1.29, 1.82) is 0 Å². The predicted octanol–water partition coefficient (Wildman–Crippen LogP) is 2.83. The molecule has 0 aliphatic carbocycles. The number of benzene rings is 2. The summed E-state index contributed by atoms with van der Waals surface area (Å²) in [5.41, 5.74) is 1.24. The van der Waals surface area contributed by atoms with Crippen LogP contribution in [0.15, 0.2) is 45.6 Å². The molecule has 4 rings (SSSR count). The van der Waals surface area contributed by atoms with Gasteiger partial charge in [-0.15, -0.1) is 0 Å². The highest BCUT2D eigenvalue weighted by atomic mass is 16.4. The molecule has 5 heteroatoms. The minimum absolute atomic E-state index is 0.0977. The van der Waals surface area contributed by atoms with E-state index in [-0.39, 0.29) is 11.4 Å². The van der Waals surface area contributed by atoms with E-state index in [0.717, 1.165) is 61.9 Å². The number of nitrogens with zero attached hydrogens (tertiary/aromatic N) is 2. The van der Waals surface area contributed by atoms with Gasteiger partial charge in [0.2, 0.25) is 0 Å². The Balaban J connectivity index is 1.52. The first-order chi connectivity index (χ1) is 12.6. The Morgan fingerprint density at radius 2 is 1.77 bits per heavy atom. The quantitative estimate of drug-likeness (QED) is 0.578. The van der Waals surface area contributed by atoms with Crippen LogP contribution in [0.4, 0.5) is 0 Å². The molecule has 0 bridgehead atoms. The molecule has 3 aromatic rings. The van der Waals surface area contributed by atoms with E-state index in [9.17, 15) is 9.90 Å². The van der Waals surface area contributed by atoms with Crippen LogP contribution in [0.1, 0.15) is 12.0 Å². The summed E-state index contributed by atoms with van der Waals surface area (Å²) >= 11 is 0. The molecule has 0 radical (unpaired) electrons. The number of likely N-dealkylation sites (N-methyl/N-ethyl adjacent to an activating group) is 1. The molecule has 1 saturated heterocycles. The Morgan fingerprint density at radius 1 is 1.00 bits per heavy atom. The second-order valence-corrected chi connectivity index (χ2v) is 7.20. The molecule has 0 atom stereocenters. The highest BCUT2D eigenvalue weighted by molar-refractivity contribution is 6.04. The molecule has 1 N–H and O–H groups in total. The maximum absolute atomic E-state index is 12.3. The number of piperazine rings is 1. The van der Waals surface area contributed by atoms with E-state index in [2.05, 4.69) is 22.9 Å². The van der Waals surface area contributed by atoms with E-state index in [1.807, 2.05) is 12.1 Å². The lowest BCUT2D eigenvalue weighted by molar-refractivity contribution is 0.153. The molecule has 2 heterocycles. The first-order valence-electron chi connectivity index (χ1n) is 9.19. The summed E-state index contributed by atoms with van der Waals surface area (Å²) < 4.78 is 5.39. The summed E-state index contributed by atoms with van der Waals surface area (Å²) in [5, 5.41) is 11.9. The van der Waals surface area contributed by atoms with Crippen molar-refractivity contribution >= 4 is 21.7 Å². The molecule has 1 aliphatic rings. The Hall–Kier alpha value is -2.37. The average molecular weight is 352 g/mol. The SMILES string of the molecule is CN1CCN(CCCc2ccc3c(c2)c(=O)oc2cc(O)ccc23)CC1. The van der Waals surface area contributed by atoms with Crippen molar-refractivity contribution in [3.8, 4) is 5.75 Å². The zero-order chi connectivity index (χ0) is 18.1. The van der Waals surface area contributed by atoms with Crippen molar-refractivity contribution in [3.05, 3.63) is 52.4 Å². The van der Waals surface area contributed by atoms with Crippen LogP contribution in [0.5, 0.6) is 5.75 Å². The average Bonchev–Trinajstić information content (AvgIpc) is 2.63. The minimum Gasteiger partial charge on any atom is -0.508 e. The molecule has 0 spiro atoms. The van der Waals surface area contributed by atoms with Gasteiger partial charge in [-0.1, -0.05) is 12.1 Å². The lowest BCUT2D eigenvalue weighted by Gasteiger charge is -2.32. The smallest absolute Gasteiger partial charge is 0.344 e. The summed E-state index contributed by atoms with van der Waals surface area (Å²) in [4.78, 5) is 17.2. The highest BCUT2D eigenvalue weighted by Gasteiger charge is 2.13. The van der Waals surface area contributed by atoms with Gasteiger partial charge in [-0.25, -0.2) is 4.79 Å². The van der Waals surface area contributed by atoms with E-state index in [4.69, 9.17) is 4.42 Å². The van der Waals surface area contributed by atoms with Crippen LogP contribution in [0.3, 0.4) is 0 Å². The fourth-order valence-electron chi connectivity index (χ4n) is 3.70. The summed E-state index contributed by atoms with van der Waals surface area (Å²) in [5.74, 6) is 0.0977. The van der Waals surface area contributed by atoms with Gasteiger partial charge >= 0.3 is 5.63 Å². The van der Waals surface area contributed by atoms with E-state index in [1.165, 1.54) is 6.07 Å². The summed E-state index contributed by atoms with van der Waals surface area (Å²) in [6.45, 7) is 5.64. The van der Waals surface area contributed by atoms with E-state index < -0.39 is 0 Å². The largest absolute Gasteiger partial charge is 0.508 e. The van der Waals surface area contributed by atoms with Crippen LogP contribution < -0.4 is 5.63 Å². The van der Waals surface area contributed by atoms with E-state index in [0.29, 0.717) is 11.0 Å². The van der Waals surface area contributed by atoms with Gasteiger partial charge in [-0.05, 0) is 55.6 Å². The van der Waals surface area contributed by atoms with Crippen molar-refractivity contribution in [2.24, 2.45) is 0 Å². The monoisotopic (exact) mass is 352 g/mol. The first kappa shape index (κ1) is 17.1. The predicted molar refractivity (Wildman–Crippen MR) is 104 cm³/mol. The second-order valence-electron chi connectivity index (χ2n) is 7.20. The van der Waals surface area contributed by atoms with E-state index >= 15 is 0 Å². The first-order valence-corrected chi connectivity index (χ1v) is 9.19. The standard InChI is InChI=1S/C21H24N2O3/c1-22-9-11-23(12-10-22)8-2-3-15-4-6-17-18-7-5-16(24)14-20(18)26-21(25)19(17)13-15/h4-7,13-14,24H,2-3,8-12H2,1H3. The Morgan fingerprint density at radius 3 is 2.58 bits per heavy atom. The maximum Gasteiger partial charge on any atom is 0.344 e. The molecular formula is C21H24N2O3. The van der Waals surface area contributed by atoms with Crippen molar-refractivity contribution < 1.29 is 9.52 Å². The molecule has 0 saturated carbocycles. The molecule has 0 amide bonds.